The molecule has 0 radical (unpaired) electrons. The van der Waals surface area contributed by atoms with Crippen LogP contribution < -0.4 is 9.64 Å². The van der Waals surface area contributed by atoms with Crippen LogP contribution in [0.3, 0.4) is 0 Å². The molecule has 0 saturated carbocycles. The molecule has 0 bridgehead atoms. The number of carbonyl (C=O) groups excluding carboxylic acids is 1. The molecule has 4 nitrogen and oxygen atoms in total. The van der Waals surface area contributed by atoms with Gasteiger partial charge in [0, 0.05) is 24.0 Å². The van der Waals surface area contributed by atoms with Crippen LogP contribution in [0.5, 0.6) is 5.75 Å². The normalized spacial score (nSPS) is 18.2. The highest BCUT2D eigenvalue weighted by Crippen LogP contribution is 2.43. The summed E-state index contributed by atoms with van der Waals surface area (Å²) < 4.78 is 19.1. The summed E-state index contributed by atoms with van der Waals surface area (Å²) in [5, 5.41) is 0. The topological polar surface area (TPSA) is 42.4 Å². The second-order valence-corrected chi connectivity index (χ2v) is 8.20. The van der Waals surface area contributed by atoms with Gasteiger partial charge in [-0.2, -0.15) is 0 Å². The first-order valence-electron chi connectivity index (χ1n) is 9.96. The highest BCUT2D eigenvalue weighted by atomic mass is 79.9. The smallest absolute Gasteiger partial charge is 0.243 e. The summed E-state index contributed by atoms with van der Waals surface area (Å²) >= 11 is 3.47. The predicted octanol–water partition coefficient (Wildman–Crippen LogP) is 5.26. The van der Waals surface area contributed by atoms with E-state index in [1.165, 1.54) is 17.7 Å². The lowest BCUT2D eigenvalue weighted by atomic mass is 9.92. The van der Waals surface area contributed by atoms with Crippen molar-refractivity contribution < 1.29 is 13.9 Å². The van der Waals surface area contributed by atoms with E-state index in [4.69, 9.17) is 4.74 Å². The molecular weight excluding hydrogens is 447 g/mol. The van der Waals surface area contributed by atoms with E-state index in [1.54, 1.807) is 17.0 Å². The van der Waals surface area contributed by atoms with Crippen molar-refractivity contribution in [3.05, 3.63) is 89.5 Å². The summed E-state index contributed by atoms with van der Waals surface area (Å²) in [7, 11) is 0. The lowest BCUT2D eigenvalue weighted by Crippen LogP contribution is -2.56. The number of ether oxygens (including phenoxy) is 1. The molecule has 154 valence electrons. The minimum atomic E-state index is -0.323. The van der Waals surface area contributed by atoms with Gasteiger partial charge in [0.25, 0.3) is 0 Å². The molecule has 0 N–H and O–H groups in total. The highest BCUT2D eigenvalue weighted by Gasteiger charge is 2.47. The van der Waals surface area contributed by atoms with Crippen molar-refractivity contribution in [2.24, 2.45) is 0 Å². The first-order valence-corrected chi connectivity index (χ1v) is 10.9. The Morgan fingerprint density at radius 1 is 1.07 bits per heavy atom. The van der Waals surface area contributed by atoms with Gasteiger partial charge in [-0.05, 0) is 60.0 Å². The number of halogens is 2. The third kappa shape index (κ3) is 4.24. The van der Waals surface area contributed by atoms with Gasteiger partial charge in [-0.1, -0.05) is 41.1 Å². The van der Waals surface area contributed by atoms with E-state index in [0.29, 0.717) is 12.3 Å². The Hall–Kier alpha value is -2.73. The van der Waals surface area contributed by atoms with Crippen LogP contribution in [0.25, 0.3) is 0 Å². The Kier molecular flexibility index (Phi) is 6.13. The Labute approximate surface area is 183 Å². The molecular formula is C24H22BrFN2O2. The largest absolute Gasteiger partial charge is 0.493 e. The van der Waals surface area contributed by atoms with Gasteiger partial charge in [-0.25, -0.2) is 4.39 Å². The van der Waals surface area contributed by atoms with E-state index < -0.39 is 0 Å². The molecule has 1 aromatic heterocycles. The number of pyridine rings is 1. The van der Waals surface area contributed by atoms with Crippen molar-refractivity contribution in [3.8, 4) is 5.75 Å². The Bertz CT molecular complexity index is 1010. The van der Waals surface area contributed by atoms with E-state index in [9.17, 15) is 9.18 Å². The van der Waals surface area contributed by atoms with Crippen molar-refractivity contribution >= 4 is 27.5 Å². The second kappa shape index (κ2) is 8.96. The number of hydrogen-bond donors (Lipinski definition) is 0. The van der Waals surface area contributed by atoms with E-state index in [1.807, 2.05) is 36.5 Å². The van der Waals surface area contributed by atoms with Crippen LogP contribution >= 0.6 is 15.9 Å². The van der Waals surface area contributed by atoms with Crippen LogP contribution in [-0.4, -0.2) is 22.3 Å². The number of anilines is 1. The van der Waals surface area contributed by atoms with Crippen molar-refractivity contribution in [2.75, 3.05) is 11.5 Å². The van der Waals surface area contributed by atoms with Crippen LogP contribution in [0.1, 0.15) is 29.8 Å². The number of benzene rings is 2. The van der Waals surface area contributed by atoms with Gasteiger partial charge in [0.1, 0.15) is 16.4 Å². The lowest BCUT2D eigenvalue weighted by Gasteiger charge is -2.45. The molecule has 1 amide bonds. The van der Waals surface area contributed by atoms with Gasteiger partial charge in [0.15, 0.2) is 0 Å². The average molecular weight is 469 g/mol. The van der Waals surface area contributed by atoms with Crippen molar-refractivity contribution in [1.29, 1.82) is 0 Å². The van der Waals surface area contributed by atoms with Crippen LogP contribution in [0.4, 0.5) is 10.1 Å². The summed E-state index contributed by atoms with van der Waals surface area (Å²) in [6.45, 7) is 2.65. The van der Waals surface area contributed by atoms with Crippen molar-refractivity contribution in [2.45, 2.75) is 30.6 Å². The van der Waals surface area contributed by atoms with Gasteiger partial charge in [-0.15, -0.1) is 0 Å². The number of β-lactam (4-membered cyclic amide) rings is 1. The van der Waals surface area contributed by atoms with Gasteiger partial charge in [0.05, 0.1) is 12.6 Å². The van der Waals surface area contributed by atoms with Gasteiger partial charge >= 0.3 is 0 Å². The molecule has 30 heavy (non-hydrogen) atoms. The SMILES string of the molecule is CCc1ccc(CCOc2ccc(C3C(Br)C(=O)N3c3ccc(F)cc3)cc2)nc1. The Balaban J connectivity index is 1.38. The molecule has 0 aliphatic carbocycles. The summed E-state index contributed by atoms with van der Waals surface area (Å²) in [5.74, 6) is 0.416. The maximum Gasteiger partial charge on any atom is 0.243 e. The molecule has 2 unspecified atom stereocenters. The Morgan fingerprint density at radius 2 is 1.80 bits per heavy atom. The molecule has 0 spiro atoms. The van der Waals surface area contributed by atoms with Gasteiger partial charge < -0.3 is 9.64 Å². The van der Waals surface area contributed by atoms with Crippen LogP contribution in [0, 0.1) is 5.82 Å². The molecule has 1 saturated heterocycles. The number of alkyl halides is 1. The van der Waals surface area contributed by atoms with Crippen molar-refractivity contribution in [1.82, 2.24) is 4.98 Å². The van der Waals surface area contributed by atoms with Gasteiger partial charge in [0.2, 0.25) is 5.91 Å². The fraction of sp³-hybridized carbons (Fsp3) is 0.250. The van der Waals surface area contributed by atoms with Crippen LogP contribution in [0.15, 0.2) is 66.9 Å². The molecule has 2 aromatic carbocycles. The molecule has 1 aliphatic rings. The molecule has 3 aromatic rings. The summed E-state index contributed by atoms with van der Waals surface area (Å²) in [5.41, 5.74) is 3.91. The van der Waals surface area contributed by atoms with E-state index >= 15 is 0 Å². The zero-order valence-corrected chi connectivity index (χ0v) is 18.2. The average Bonchev–Trinajstić information content (AvgIpc) is 2.79. The lowest BCUT2D eigenvalue weighted by molar-refractivity contribution is -0.123. The maximum atomic E-state index is 13.2. The van der Waals surface area contributed by atoms with Crippen LogP contribution in [-0.2, 0) is 17.6 Å². The van der Waals surface area contributed by atoms with Crippen LogP contribution in [0.2, 0.25) is 0 Å². The third-order valence-electron chi connectivity index (χ3n) is 5.28. The molecule has 2 atom stereocenters. The molecule has 2 heterocycles. The number of aryl methyl sites for hydroxylation is 1. The number of amides is 1. The monoisotopic (exact) mass is 468 g/mol. The standard InChI is InChI=1S/C24H22BrFN2O2/c1-2-16-3-8-19(27-15-16)13-14-30-21-11-4-17(5-12-21)23-22(25)24(29)28(23)20-9-6-18(26)7-10-20/h3-12,15,22-23H,2,13-14H2,1H3. The van der Waals surface area contributed by atoms with E-state index in [0.717, 1.165) is 29.8 Å². The summed E-state index contributed by atoms with van der Waals surface area (Å²) in [6, 6.07) is 17.7. The fourth-order valence-corrected chi connectivity index (χ4v) is 4.27. The van der Waals surface area contributed by atoms with E-state index in [-0.39, 0.29) is 22.6 Å². The molecule has 6 heteroatoms. The van der Waals surface area contributed by atoms with E-state index in [2.05, 4.69) is 33.9 Å². The third-order valence-corrected chi connectivity index (χ3v) is 6.17. The minimum absolute atomic E-state index is 0.0338. The second-order valence-electron chi connectivity index (χ2n) is 7.21. The maximum absolute atomic E-state index is 13.2. The molecule has 1 fully saturated rings. The number of rotatable bonds is 7. The summed E-state index contributed by atoms with van der Waals surface area (Å²) in [6.07, 6.45) is 3.63. The quantitative estimate of drug-likeness (QED) is 0.351. The van der Waals surface area contributed by atoms with Crippen molar-refractivity contribution in [3.63, 3.8) is 0 Å². The zero-order chi connectivity index (χ0) is 21.1. The number of hydrogen-bond acceptors (Lipinski definition) is 3. The first-order chi connectivity index (χ1) is 14.6. The summed E-state index contributed by atoms with van der Waals surface area (Å²) in [4.78, 5) is 18.2. The fourth-order valence-electron chi connectivity index (χ4n) is 3.51. The first kappa shape index (κ1) is 20.5. The number of aromatic nitrogens is 1. The zero-order valence-electron chi connectivity index (χ0n) is 16.6. The predicted molar refractivity (Wildman–Crippen MR) is 119 cm³/mol. The highest BCUT2D eigenvalue weighted by molar-refractivity contribution is 9.10. The molecule has 1 aliphatic heterocycles. The minimum Gasteiger partial charge on any atom is -0.493 e. The van der Waals surface area contributed by atoms with Gasteiger partial charge in [-0.3, -0.25) is 9.78 Å². The molecule has 4 rings (SSSR count). The number of nitrogens with zero attached hydrogens (tertiary/aromatic N) is 2. The Morgan fingerprint density at radius 3 is 2.43 bits per heavy atom. The number of carbonyl (C=O) groups is 1.